The Labute approximate surface area is 198 Å². The van der Waals surface area contributed by atoms with Gasteiger partial charge in [0, 0.05) is 30.4 Å². The van der Waals surface area contributed by atoms with Crippen molar-refractivity contribution in [1.82, 2.24) is 15.1 Å². The molecule has 8 nitrogen and oxygen atoms in total. The first kappa shape index (κ1) is 24.4. The molecule has 3 aromatic rings. The van der Waals surface area contributed by atoms with Gasteiger partial charge in [-0.15, -0.1) is 5.10 Å². The van der Waals surface area contributed by atoms with Crippen LogP contribution >= 0.6 is 0 Å². The van der Waals surface area contributed by atoms with E-state index in [1.54, 1.807) is 0 Å². The lowest BCUT2D eigenvalue weighted by atomic mass is 9.85. The Balaban J connectivity index is 1.41. The Kier molecular flexibility index (Phi) is 7.13. The highest BCUT2D eigenvalue weighted by molar-refractivity contribution is 5.66. The fourth-order valence-electron chi connectivity index (χ4n) is 4.43. The summed E-state index contributed by atoms with van der Waals surface area (Å²) >= 11 is 0. The molecule has 0 atom stereocenters. The van der Waals surface area contributed by atoms with E-state index in [2.05, 4.69) is 15.5 Å². The van der Waals surface area contributed by atoms with Crippen molar-refractivity contribution in [3.05, 3.63) is 70.2 Å². The van der Waals surface area contributed by atoms with Gasteiger partial charge >= 0.3 is 18.0 Å². The third-order valence-corrected chi connectivity index (χ3v) is 6.18. The predicted molar refractivity (Wildman–Crippen MR) is 122 cm³/mol. The smallest absolute Gasteiger partial charge is 0.434 e. The number of hydrogen-bond acceptors (Lipinski definition) is 5. The molecule has 1 amide bonds. The van der Waals surface area contributed by atoms with Gasteiger partial charge in [0.1, 0.15) is 0 Å². The number of nitrogens with zero attached hydrogens (tertiary/aromatic N) is 2. The summed E-state index contributed by atoms with van der Waals surface area (Å²) in [6.45, 7) is 0.665. The number of carboxylic acid groups (broad SMARTS) is 1. The highest BCUT2D eigenvalue weighted by Gasteiger charge is 2.35. The van der Waals surface area contributed by atoms with Crippen LogP contribution in [0.3, 0.4) is 0 Å². The van der Waals surface area contributed by atoms with Crippen LogP contribution in [0.25, 0.3) is 11.5 Å². The standard InChI is InChI=1S/C24H25F3N4O4/c25-24(26,27)19-11-8-17(21-29-30-22(32)35-21)12-20(19)28-18-9-6-16(7-10-18)14-31(23(33)34)13-15-4-2-1-3-5-15/h1-5,8,11-12,16,18,28H,6-7,9-10,13-14H2,(H,30,32)(H,33,34)/t16-,18-. The number of rotatable bonds is 7. The summed E-state index contributed by atoms with van der Waals surface area (Å²) in [5.41, 5.74) is 0.213. The molecule has 2 aromatic carbocycles. The van der Waals surface area contributed by atoms with Crippen molar-refractivity contribution < 1.29 is 27.5 Å². The van der Waals surface area contributed by atoms with E-state index in [0.717, 1.165) is 11.6 Å². The molecule has 1 aromatic heterocycles. The molecule has 0 aliphatic heterocycles. The molecule has 1 heterocycles. The van der Waals surface area contributed by atoms with Crippen LogP contribution in [0.5, 0.6) is 0 Å². The Bertz CT molecular complexity index is 1200. The summed E-state index contributed by atoms with van der Waals surface area (Å²) in [5, 5.41) is 18.4. The minimum absolute atomic E-state index is 0.0948. The van der Waals surface area contributed by atoms with Gasteiger partial charge in [0.05, 0.1) is 5.56 Å². The number of benzene rings is 2. The van der Waals surface area contributed by atoms with E-state index in [0.29, 0.717) is 38.8 Å². The monoisotopic (exact) mass is 490 g/mol. The zero-order chi connectivity index (χ0) is 25.0. The molecule has 0 unspecified atom stereocenters. The molecule has 1 aliphatic carbocycles. The van der Waals surface area contributed by atoms with Crippen LogP contribution in [0, 0.1) is 5.92 Å². The summed E-state index contributed by atoms with van der Waals surface area (Å²) in [5.74, 6) is -0.766. The highest BCUT2D eigenvalue weighted by atomic mass is 19.4. The van der Waals surface area contributed by atoms with Gasteiger partial charge in [-0.25, -0.2) is 14.7 Å². The van der Waals surface area contributed by atoms with E-state index in [9.17, 15) is 27.9 Å². The van der Waals surface area contributed by atoms with Crippen LogP contribution in [0.2, 0.25) is 0 Å². The number of carbonyl (C=O) groups is 1. The first-order valence-corrected chi connectivity index (χ1v) is 11.2. The summed E-state index contributed by atoms with van der Waals surface area (Å²) < 4.78 is 45.7. The molecular weight excluding hydrogens is 465 g/mol. The molecule has 11 heteroatoms. The Morgan fingerprint density at radius 3 is 2.46 bits per heavy atom. The molecule has 4 rings (SSSR count). The van der Waals surface area contributed by atoms with Crippen molar-refractivity contribution in [2.24, 2.45) is 5.92 Å². The van der Waals surface area contributed by atoms with Crippen LogP contribution in [0.1, 0.15) is 36.8 Å². The van der Waals surface area contributed by atoms with Gasteiger partial charge in [0.15, 0.2) is 0 Å². The number of amides is 1. The maximum Gasteiger partial charge on any atom is 0.434 e. The molecule has 0 radical (unpaired) electrons. The summed E-state index contributed by atoms with van der Waals surface area (Å²) in [6, 6.07) is 12.5. The molecule has 0 saturated heterocycles. The first-order chi connectivity index (χ1) is 16.7. The number of halogens is 3. The zero-order valence-corrected chi connectivity index (χ0v) is 18.7. The zero-order valence-electron chi connectivity index (χ0n) is 18.7. The molecular formula is C24H25F3N4O4. The molecule has 3 N–H and O–H groups in total. The van der Waals surface area contributed by atoms with E-state index in [-0.39, 0.29) is 29.1 Å². The molecule has 35 heavy (non-hydrogen) atoms. The van der Waals surface area contributed by atoms with E-state index < -0.39 is 23.6 Å². The fraction of sp³-hybridized carbons (Fsp3) is 0.375. The maximum atomic E-state index is 13.6. The van der Waals surface area contributed by atoms with Crippen LogP contribution in [-0.2, 0) is 12.7 Å². The molecule has 1 saturated carbocycles. The normalized spacial score (nSPS) is 18.3. The second kappa shape index (κ2) is 10.2. The van der Waals surface area contributed by atoms with Crippen molar-refractivity contribution in [3.63, 3.8) is 0 Å². The van der Waals surface area contributed by atoms with E-state index >= 15 is 0 Å². The van der Waals surface area contributed by atoms with Crippen LogP contribution in [-0.4, -0.2) is 38.9 Å². The maximum absolute atomic E-state index is 13.6. The third-order valence-electron chi connectivity index (χ3n) is 6.18. The third kappa shape index (κ3) is 6.23. The Morgan fingerprint density at radius 2 is 1.86 bits per heavy atom. The summed E-state index contributed by atoms with van der Waals surface area (Å²) in [4.78, 5) is 24.3. The van der Waals surface area contributed by atoms with Crippen LogP contribution in [0.15, 0.2) is 57.7 Å². The average molecular weight is 490 g/mol. The SMILES string of the molecule is O=C(O)N(Cc1ccccc1)C[C@H]1CC[C@H](Nc2cc(-c3n[nH]c(=O)o3)ccc2C(F)(F)F)CC1. The number of anilines is 1. The van der Waals surface area contributed by atoms with Gasteiger partial charge < -0.3 is 19.7 Å². The van der Waals surface area contributed by atoms with Crippen LogP contribution < -0.4 is 11.1 Å². The quantitative estimate of drug-likeness (QED) is 0.420. The lowest BCUT2D eigenvalue weighted by Gasteiger charge is -2.33. The molecule has 0 spiro atoms. The number of aromatic amines is 1. The number of alkyl halides is 3. The highest BCUT2D eigenvalue weighted by Crippen LogP contribution is 2.38. The second-order valence-electron chi connectivity index (χ2n) is 8.69. The van der Waals surface area contributed by atoms with Gasteiger partial charge in [-0.1, -0.05) is 30.3 Å². The molecule has 0 bridgehead atoms. The van der Waals surface area contributed by atoms with Gasteiger partial charge in [-0.3, -0.25) is 0 Å². The van der Waals surface area contributed by atoms with Crippen LogP contribution in [0.4, 0.5) is 23.7 Å². The average Bonchev–Trinajstić information content (AvgIpc) is 3.26. The Hall–Kier alpha value is -3.76. The van der Waals surface area contributed by atoms with Crippen molar-refractivity contribution in [1.29, 1.82) is 0 Å². The summed E-state index contributed by atoms with van der Waals surface area (Å²) in [6.07, 6.45) is -2.99. The van der Waals surface area contributed by atoms with Gasteiger partial charge in [-0.2, -0.15) is 13.2 Å². The fourth-order valence-corrected chi connectivity index (χ4v) is 4.43. The lowest BCUT2D eigenvalue weighted by Crippen LogP contribution is -2.36. The number of nitrogens with one attached hydrogen (secondary N) is 2. The van der Waals surface area contributed by atoms with Crippen molar-refractivity contribution in [2.45, 2.75) is 44.4 Å². The van der Waals surface area contributed by atoms with Crippen molar-refractivity contribution >= 4 is 11.8 Å². The lowest BCUT2D eigenvalue weighted by molar-refractivity contribution is -0.137. The minimum Gasteiger partial charge on any atom is -0.465 e. The number of aromatic nitrogens is 2. The van der Waals surface area contributed by atoms with Crippen molar-refractivity contribution in [2.75, 3.05) is 11.9 Å². The molecule has 186 valence electrons. The van der Waals surface area contributed by atoms with E-state index in [4.69, 9.17) is 4.42 Å². The topological polar surface area (TPSA) is 111 Å². The van der Waals surface area contributed by atoms with Gasteiger partial charge in [0.2, 0.25) is 5.89 Å². The van der Waals surface area contributed by atoms with Crippen molar-refractivity contribution in [3.8, 4) is 11.5 Å². The molecule has 1 fully saturated rings. The van der Waals surface area contributed by atoms with Gasteiger partial charge in [-0.05, 0) is 55.4 Å². The van der Waals surface area contributed by atoms with E-state index in [1.165, 1.54) is 17.0 Å². The van der Waals surface area contributed by atoms with Gasteiger partial charge in [0.25, 0.3) is 0 Å². The molecule has 1 aliphatic rings. The first-order valence-electron chi connectivity index (χ1n) is 11.2. The Morgan fingerprint density at radius 1 is 1.14 bits per heavy atom. The minimum atomic E-state index is -4.57. The number of hydrogen-bond donors (Lipinski definition) is 3. The predicted octanol–water partition coefficient (Wildman–Crippen LogP) is 5.20. The largest absolute Gasteiger partial charge is 0.465 e. The summed E-state index contributed by atoms with van der Waals surface area (Å²) in [7, 11) is 0. The van der Waals surface area contributed by atoms with E-state index in [1.807, 2.05) is 30.3 Å². The second-order valence-corrected chi connectivity index (χ2v) is 8.69. The number of H-pyrrole nitrogens is 1.